The van der Waals surface area contributed by atoms with Crippen molar-refractivity contribution in [2.75, 3.05) is 23.7 Å². The fraction of sp³-hybridized carbons (Fsp3) is 0.269. The maximum Gasteiger partial charge on any atom is 0.408 e. The number of nitrogens with zero attached hydrogens (tertiary/aromatic N) is 2. The second-order valence-electron chi connectivity index (χ2n) is 16.6. The van der Waals surface area contributed by atoms with Gasteiger partial charge in [-0.2, -0.15) is 0 Å². The van der Waals surface area contributed by atoms with E-state index in [9.17, 15) is 29.4 Å². The molecule has 0 spiro atoms. The molecular formula is C52H55N7O8. The second kappa shape index (κ2) is 21.9. The Morgan fingerprint density at radius 2 is 1.12 bits per heavy atom. The fourth-order valence-electron chi connectivity index (χ4n) is 8.37. The van der Waals surface area contributed by atoms with Gasteiger partial charge < -0.3 is 46.3 Å². The molecule has 7 N–H and O–H groups in total. The molecule has 2 aromatic heterocycles. The Bertz CT molecular complexity index is 2600. The average Bonchev–Trinajstić information content (AvgIpc) is 4.04. The zero-order valence-electron chi connectivity index (χ0n) is 37.4. The van der Waals surface area contributed by atoms with E-state index >= 15 is 0 Å². The third-order valence-corrected chi connectivity index (χ3v) is 12.1. The number of hydrogen-bond donors (Lipinski definition) is 7. The van der Waals surface area contributed by atoms with E-state index in [1.165, 1.54) is 12.1 Å². The average molecular weight is 906 g/mol. The molecule has 3 atom stereocenters. The van der Waals surface area contributed by atoms with Crippen LogP contribution in [0.15, 0.2) is 146 Å². The van der Waals surface area contributed by atoms with Gasteiger partial charge in [0.05, 0.1) is 22.5 Å². The lowest BCUT2D eigenvalue weighted by atomic mass is 9.89. The number of benzene rings is 4. The highest BCUT2D eigenvalue weighted by molar-refractivity contribution is 6.05. The summed E-state index contributed by atoms with van der Waals surface area (Å²) in [6.07, 6.45) is 10.2. The first kappa shape index (κ1) is 47.2. The number of amides is 4. The van der Waals surface area contributed by atoms with E-state index in [1.807, 2.05) is 31.2 Å². The van der Waals surface area contributed by atoms with Crippen LogP contribution in [0.3, 0.4) is 0 Å². The number of alkyl carbamates (subject to hydrolysis) is 2. The molecule has 4 amide bonds. The fourth-order valence-corrected chi connectivity index (χ4v) is 8.37. The Labute approximate surface area is 389 Å². The molecule has 6 aromatic rings. The van der Waals surface area contributed by atoms with Crippen LogP contribution in [0.25, 0.3) is 0 Å². The number of carbonyl (C=O) groups excluding carboxylic acids is 4. The molecule has 2 fully saturated rings. The summed E-state index contributed by atoms with van der Waals surface area (Å²) in [5.41, 5.74) is 4.02. The Morgan fingerprint density at radius 1 is 0.627 bits per heavy atom. The molecule has 67 heavy (non-hydrogen) atoms. The van der Waals surface area contributed by atoms with Gasteiger partial charge in [-0.3, -0.25) is 19.6 Å². The van der Waals surface area contributed by atoms with Crippen molar-refractivity contribution in [1.82, 2.24) is 25.9 Å². The molecule has 2 aliphatic rings. The Morgan fingerprint density at radius 3 is 1.60 bits per heavy atom. The molecule has 0 radical (unpaired) electrons. The van der Waals surface area contributed by atoms with Crippen molar-refractivity contribution >= 4 is 35.4 Å². The zero-order valence-corrected chi connectivity index (χ0v) is 37.4. The third kappa shape index (κ3) is 11.9. The van der Waals surface area contributed by atoms with Crippen molar-refractivity contribution in [3.05, 3.63) is 179 Å². The first-order valence-electron chi connectivity index (χ1n) is 22.4. The molecular weight excluding hydrogens is 851 g/mol. The summed E-state index contributed by atoms with van der Waals surface area (Å²) < 4.78 is 11.4. The van der Waals surface area contributed by atoms with Gasteiger partial charge in [0.15, 0.2) is 0 Å². The molecule has 15 heteroatoms. The molecule has 1 aliphatic carbocycles. The number of phenolic OH excluding ortho intramolecular Hbond substituents is 2. The van der Waals surface area contributed by atoms with Crippen LogP contribution in [0.2, 0.25) is 0 Å². The number of ether oxygens (including phenoxy) is 2. The number of rotatable bonds is 13. The summed E-state index contributed by atoms with van der Waals surface area (Å²) in [7, 11) is 0. The number of carbonyl (C=O) groups is 4. The van der Waals surface area contributed by atoms with Crippen molar-refractivity contribution in [2.24, 2.45) is 0 Å². The van der Waals surface area contributed by atoms with Gasteiger partial charge >= 0.3 is 12.2 Å². The number of aromatic nitrogens is 2. The van der Waals surface area contributed by atoms with Gasteiger partial charge in [-0.1, -0.05) is 80.4 Å². The number of nitrogens with one attached hydrogen (secondary N) is 5. The van der Waals surface area contributed by atoms with Gasteiger partial charge in [0.1, 0.15) is 23.7 Å². The first-order chi connectivity index (χ1) is 32.5. The number of pyridine rings is 2. The van der Waals surface area contributed by atoms with Gasteiger partial charge in [-0.05, 0) is 122 Å². The summed E-state index contributed by atoms with van der Waals surface area (Å²) >= 11 is 0. The number of para-hydroxylation sites is 4. The highest BCUT2D eigenvalue weighted by Crippen LogP contribution is 2.39. The van der Waals surface area contributed by atoms with Crippen molar-refractivity contribution in [2.45, 2.75) is 75.7 Å². The molecule has 346 valence electrons. The maximum absolute atomic E-state index is 12.9. The lowest BCUT2D eigenvalue weighted by Gasteiger charge is -2.30. The van der Waals surface area contributed by atoms with Gasteiger partial charge in [-0.15, -0.1) is 0 Å². The summed E-state index contributed by atoms with van der Waals surface area (Å²) in [4.78, 5) is 59.0. The zero-order chi connectivity index (χ0) is 47.2. The monoisotopic (exact) mass is 905 g/mol. The Hall–Kier alpha value is -7.78. The standard InChI is InChI=1S/C26H28N4O4.C26H27N3O4/c1-2-23(34-25(33)30-26(13-15-28-17-26)20-6-5-14-27-16-20)18-9-11-19(12-10-18)24(32)29-21-7-3-4-8-22(21)31;1-18(33-25(32)29-26(14-4-5-15-26)21-7-6-16-27-17-21)19-10-12-20(13-11-19)24(31)28-22-8-2-3-9-23(22)30/h3-12,14,16,23,28,31H,2,13,15,17H2,1H3,(H,29,32)(H,30,33);2-3,6-13,16-18,30H,4-5,14-15H2,1H3,(H,28,31)(H,29,32)/t23-,26-;18-/m00/s1. The Kier molecular flexibility index (Phi) is 15.4. The van der Waals surface area contributed by atoms with E-state index in [0.717, 1.165) is 60.9 Å². The number of anilines is 2. The van der Waals surface area contributed by atoms with Crippen molar-refractivity contribution in [3.8, 4) is 11.5 Å². The van der Waals surface area contributed by atoms with Crippen LogP contribution in [-0.2, 0) is 20.6 Å². The molecule has 1 aliphatic heterocycles. The number of hydrogen-bond acceptors (Lipinski definition) is 11. The summed E-state index contributed by atoms with van der Waals surface area (Å²) in [6, 6.07) is 34.5. The minimum Gasteiger partial charge on any atom is -0.506 e. The molecule has 3 heterocycles. The molecule has 15 nitrogen and oxygen atoms in total. The van der Waals surface area contributed by atoms with Crippen LogP contribution in [0.4, 0.5) is 21.0 Å². The van der Waals surface area contributed by atoms with E-state index in [4.69, 9.17) is 9.47 Å². The SMILES string of the molecule is CC[C@H](OC(=O)N[C@@]1(c2cccnc2)CCNC1)c1ccc(C(=O)Nc2ccccc2O)cc1.C[C@H](OC(=O)NC1(c2cccnc2)CCCC1)c1ccc(C(=O)Nc2ccccc2O)cc1. The first-order valence-corrected chi connectivity index (χ1v) is 22.4. The van der Waals surface area contributed by atoms with Gasteiger partial charge in [0.2, 0.25) is 0 Å². The topological polar surface area (TPSA) is 213 Å². The van der Waals surface area contributed by atoms with E-state index in [0.29, 0.717) is 35.5 Å². The predicted molar refractivity (Wildman–Crippen MR) is 253 cm³/mol. The minimum absolute atomic E-state index is 0.000511. The van der Waals surface area contributed by atoms with Crippen molar-refractivity contribution in [1.29, 1.82) is 0 Å². The molecule has 0 bridgehead atoms. The summed E-state index contributed by atoms with van der Waals surface area (Å²) in [6.45, 7) is 5.12. The van der Waals surface area contributed by atoms with Gasteiger partial charge in [-0.25, -0.2) is 9.59 Å². The van der Waals surface area contributed by atoms with Crippen LogP contribution in [-0.4, -0.2) is 57.3 Å². The largest absolute Gasteiger partial charge is 0.506 e. The summed E-state index contributed by atoms with van der Waals surface area (Å²) in [5, 5.41) is 34.5. The highest BCUT2D eigenvalue weighted by Gasteiger charge is 2.39. The third-order valence-electron chi connectivity index (χ3n) is 12.1. The highest BCUT2D eigenvalue weighted by atomic mass is 16.6. The predicted octanol–water partition coefficient (Wildman–Crippen LogP) is 9.40. The van der Waals surface area contributed by atoms with Gasteiger partial charge in [0.25, 0.3) is 11.8 Å². The maximum atomic E-state index is 12.9. The molecule has 8 rings (SSSR count). The molecule has 4 aromatic carbocycles. The van der Waals surface area contributed by atoms with E-state index in [1.54, 1.807) is 117 Å². The van der Waals surface area contributed by atoms with Gasteiger partial charge in [0, 0.05) is 42.5 Å². The summed E-state index contributed by atoms with van der Waals surface area (Å²) in [5.74, 6) is -0.679. The normalized spacial score (nSPS) is 16.8. The number of aromatic hydroxyl groups is 2. The lowest BCUT2D eigenvalue weighted by molar-refractivity contribution is 0.0859. The van der Waals surface area contributed by atoms with Crippen LogP contribution in [0, 0.1) is 0 Å². The van der Waals surface area contributed by atoms with Crippen molar-refractivity contribution in [3.63, 3.8) is 0 Å². The van der Waals surface area contributed by atoms with E-state index < -0.39 is 35.5 Å². The van der Waals surface area contributed by atoms with Crippen LogP contribution >= 0.6 is 0 Å². The smallest absolute Gasteiger partial charge is 0.408 e. The van der Waals surface area contributed by atoms with E-state index in [2.05, 4.69) is 36.6 Å². The second-order valence-corrected chi connectivity index (χ2v) is 16.6. The quantitative estimate of drug-likeness (QED) is 0.0542. The van der Waals surface area contributed by atoms with Crippen LogP contribution in [0.1, 0.15) is 108 Å². The number of phenols is 2. The molecule has 1 saturated heterocycles. The molecule has 1 saturated carbocycles. The van der Waals surface area contributed by atoms with Crippen LogP contribution < -0.4 is 26.6 Å². The lowest BCUT2D eigenvalue weighted by Crippen LogP contribution is -2.48. The molecule has 0 unspecified atom stereocenters. The van der Waals surface area contributed by atoms with E-state index in [-0.39, 0.29) is 23.3 Å². The Balaban J connectivity index is 0.000000199. The minimum atomic E-state index is -0.561. The van der Waals surface area contributed by atoms with Crippen LogP contribution in [0.5, 0.6) is 11.5 Å². The van der Waals surface area contributed by atoms with Crippen molar-refractivity contribution < 1.29 is 38.9 Å².